The first-order valence-electron chi connectivity index (χ1n) is 6.49. The number of aryl methyl sites for hydroxylation is 1. The van der Waals surface area contributed by atoms with Gasteiger partial charge in [0.25, 0.3) is 0 Å². The highest BCUT2D eigenvalue weighted by Crippen LogP contribution is 2.18. The summed E-state index contributed by atoms with van der Waals surface area (Å²) in [5.74, 6) is 7.42. The van der Waals surface area contributed by atoms with Gasteiger partial charge < -0.3 is 4.74 Å². The largest absolute Gasteiger partial charge is 0.486 e. The number of rotatable bonds is 4. The minimum Gasteiger partial charge on any atom is -0.486 e. The summed E-state index contributed by atoms with van der Waals surface area (Å²) >= 11 is 5.62. The first-order chi connectivity index (χ1) is 9.79. The fourth-order valence-corrected chi connectivity index (χ4v) is 1.83. The van der Waals surface area contributed by atoms with Gasteiger partial charge in [-0.15, -0.1) is 11.6 Å². The summed E-state index contributed by atoms with van der Waals surface area (Å²) in [4.78, 5) is 4.41. The second-order valence-electron chi connectivity index (χ2n) is 4.30. The van der Waals surface area contributed by atoms with Crippen molar-refractivity contribution in [3.63, 3.8) is 0 Å². The molecule has 0 aliphatic rings. The number of benzene rings is 1. The minimum absolute atomic E-state index is 0.440. The number of hydrogen-bond donors (Lipinski definition) is 0. The van der Waals surface area contributed by atoms with E-state index in [-0.39, 0.29) is 0 Å². The number of pyridine rings is 1. The van der Waals surface area contributed by atoms with Crippen LogP contribution in [0.15, 0.2) is 42.5 Å². The number of para-hydroxylation sites is 1. The van der Waals surface area contributed by atoms with Crippen LogP contribution in [-0.4, -0.2) is 10.9 Å². The van der Waals surface area contributed by atoms with E-state index >= 15 is 0 Å². The van der Waals surface area contributed by atoms with Crippen LogP contribution in [0.2, 0.25) is 0 Å². The van der Waals surface area contributed by atoms with Crippen LogP contribution in [0.25, 0.3) is 0 Å². The molecule has 2 rings (SSSR count). The predicted molar refractivity (Wildman–Crippen MR) is 82.0 cm³/mol. The van der Waals surface area contributed by atoms with Crippen LogP contribution in [0.4, 0.5) is 0 Å². The van der Waals surface area contributed by atoms with E-state index in [0.717, 1.165) is 22.7 Å². The smallest absolute Gasteiger partial charge is 0.135 e. The van der Waals surface area contributed by atoms with Crippen molar-refractivity contribution in [3.8, 4) is 17.6 Å². The zero-order valence-electron chi connectivity index (χ0n) is 11.4. The SMILES string of the molecule is Cc1cccc(COc2ccccc2C#CCCCl)n1. The van der Waals surface area contributed by atoms with Crippen molar-refractivity contribution in [1.29, 1.82) is 0 Å². The molecule has 102 valence electrons. The molecule has 0 fully saturated rings. The van der Waals surface area contributed by atoms with Gasteiger partial charge >= 0.3 is 0 Å². The van der Waals surface area contributed by atoms with E-state index in [1.807, 2.05) is 49.4 Å². The Balaban J connectivity index is 2.08. The van der Waals surface area contributed by atoms with Crippen LogP contribution in [0, 0.1) is 18.8 Å². The molecular weight excluding hydrogens is 270 g/mol. The van der Waals surface area contributed by atoms with Crippen molar-refractivity contribution in [3.05, 3.63) is 59.4 Å². The van der Waals surface area contributed by atoms with E-state index in [4.69, 9.17) is 16.3 Å². The molecule has 0 N–H and O–H groups in total. The van der Waals surface area contributed by atoms with Gasteiger partial charge in [0.1, 0.15) is 12.4 Å². The lowest BCUT2D eigenvalue weighted by molar-refractivity contribution is 0.300. The topological polar surface area (TPSA) is 22.1 Å². The van der Waals surface area contributed by atoms with Crippen LogP contribution in [0.5, 0.6) is 5.75 Å². The predicted octanol–water partition coefficient (Wildman–Crippen LogP) is 3.95. The fraction of sp³-hybridized carbons (Fsp3) is 0.235. The number of ether oxygens (including phenoxy) is 1. The van der Waals surface area contributed by atoms with Crippen LogP contribution in [-0.2, 0) is 6.61 Å². The molecule has 1 heterocycles. The van der Waals surface area contributed by atoms with Gasteiger partial charge in [-0.3, -0.25) is 4.98 Å². The van der Waals surface area contributed by atoms with E-state index < -0.39 is 0 Å². The molecule has 20 heavy (non-hydrogen) atoms. The van der Waals surface area contributed by atoms with E-state index in [9.17, 15) is 0 Å². The number of hydrogen-bond acceptors (Lipinski definition) is 2. The molecule has 2 nitrogen and oxygen atoms in total. The highest BCUT2D eigenvalue weighted by atomic mass is 35.5. The Morgan fingerprint density at radius 1 is 1.15 bits per heavy atom. The monoisotopic (exact) mass is 285 g/mol. The van der Waals surface area contributed by atoms with Gasteiger partial charge in [0.05, 0.1) is 11.3 Å². The van der Waals surface area contributed by atoms with Gasteiger partial charge in [0, 0.05) is 18.0 Å². The average Bonchev–Trinajstić information content (AvgIpc) is 2.47. The molecule has 0 aliphatic heterocycles. The Kier molecular flexibility index (Phi) is 5.46. The van der Waals surface area contributed by atoms with Gasteiger partial charge in [0.15, 0.2) is 0 Å². The lowest BCUT2D eigenvalue weighted by Gasteiger charge is -2.08. The summed E-state index contributed by atoms with van der Waals surface area (Å²) in [6.45, 7) is 2.41. The quantitative estimate of drug-likeness (QED) is 0.627. The van der Waals surface area contributed by atoms with Gasteiger partial charge in [0.2, 0.25) is 0 Å². The molecule has 0 saturated carbocycles. The zero-order chi connectivity index (χ0) is 14.2. The molecule has 0 atom stereocenters. The maximum atomic E-state index is 5.81. The molecule has 0 amide bonds. The van der Waals surface area contributed by atoms with Crippen molar-refractivity contribution < 1.29 is 4.74 Å². The standard InChI is InChI=1S/C17H16ClNO/c1-14-7-6-10-16(19-14)13-20-17-11-3-2-8-15(17)9-4-5-12-18/h2-3,6-8,10-11H,5,12-13H2,1H3. The van der Waals surface area contributed by atoms with E-state index in [2.05, 4.69) is 16.8 Å². The third kappa shape index (κ3) is 4.29. The van der Waals surface area contributed by atoms with Crippen LogP contribution >= 0.6 is 11.6 Å². The van der Waals surface area contributed by atoms with Crippen LogP contribution in [0.3, 0.4) is 0 Å². The molecular formula is C17H16ClNO. The molecule has 0 saturated heterocycles. The van der Waals surface area contributed by atoms with Gasteiger partial charge in [-0.2, -0.15) is 0 Å². The number of nitrogens with zero attached hydrogens (tertiary/aromatic N) is 1. The molecule has 1 aromatic carbocycles. The Bertz CT molecular complexity index is 628. The molecule has 0 bridgehead atoms. The third-order valence-electron chi connectivity index (χ3n) is 2.65. The highest BCUT2D eigenvalue weighted by molar-refractivity contribution is 6.18. The van der Waals surface area contributed by atoms with Gasteiger partial charge in [-0.05, 0) is 31.2 Å². The summed E-state index contributed by atoms with van der Waals surface area (Å²) in [6.07, 6.45) is 0.676. The maximum absolute atomic E-state index is 5.81. The van der Waals surface area contributed by atoms with Gasteiger partial charge in [-0.1, -0.05) is 30.0 Å². The van der Waals surface area contributed by atoms with Crippen molar-refractivity contribution in [2.45, 2.75) is 20.0 Å². The molecule has 0 radical (unpaired) electrons. The molecule has 2 aromatic rings. The lowest BCUT2D eigenvalue weighted by atomic mass is 10.2. The Hall–Kier alpha value is -1.98. The first-order valence-corrected chi connectivity index (χ1v) is 7.02. The molecule has 0 spiro atoms. The molecule has 0 unspecified atom stereocenters. The first kappa shape index (κ1) is 14.4. The van der Waals surface area contributed by atoms with Crippen molar-refractivity contribution in [2.75, 3.05) is 5.88 Å². The number of alkyl halides is 1. The van der Waals surface area contributed by atoms with Crippen molar-refractivity contribution in [2.24, 2.45) is 0 Å². The van der Waals surface area contributed by atoms with E-state index in [0.29, 0.717) is 18.9 Å². The van der Waals surface area contributed by atoms with Gasteiger partial charge in [-0.25, -0.2) is 0 Å². The van der Waals surface area contributed by atoms with Crippen LogP contribution in [0.1, 0.15) is 23.4 Å². The Morgan fingerprint density at radius 2 is 2.00 bits per heavy atom. The third-order valence-corrected chi connectivity index (χ3v) is 2.84. The second-order valence-corrected chi connectivity index (χ2v) is 4.67. The Morgan fingerprint density at radius 3 is 2.80 bits per heavy atom. The van der Waals surface area contributed by atoms with E-state index in [1.54, 1.807) is 0 Å². The summed E-state index contributed by atoms with van der Waals surface area (Å²) in [5.41, 5.74) is 2.78. The highest BCUT2D eigenvalue weighted by Gasteiger charge is 2.01. The number of halogens is 1. The number of aromatic nitrogens is 1. The zero-order valence-corrected chi connectivity index (χ0v) is 12.2. The summed E-state index contributed by atoms with van der Waals surface area (Å²) in [6, 6.07) is 13.6. The molecule has 3 heteroatoms. The second kappa shape index (κ2) is 7.57. The summed E-state index contributed by atoms with van der Waals surface area (Å²) in [5, 5.41) is 0. The molecule has 0 aliphatic carbocycles. The minimum atomic E-state index is 0.440. The average molecular weight is 286 g/mol. The fourth-order valence-electron chi connectivity index (χ4n) is 1.73. The van der Waals surface area contributed by atoms with Crippen LogP contribution < -0.4 is 4.74 Å². The summed E-state index contributed by atoms with van der Waals surface area (Å²) < 4.78 is 5.81. The van der Waals surface area contributed by atoms with Crippen molar-refractivity contribution >= 4 is 11.6 Å². The maximum Gasteiger partial charge on any atom is 0.135 e. The Labute approximate surface area is 124 Å². The lowest BCUT2D eigenvalue weighted by Crippen LogP contribution is -2.00. The molecule has 1 aromatic heterocycles. The normalized spacial score (nSPS) is 9.70. The summed E-state index contributed by atoms with van der Waals surface area (Å²) in [7, 11) is 0. The van der Waals surface area contributed by atoms with Crippen molar-refractivity contribution in [1.82, 2.24) is 4.98 Å². The van der Waals surface area contributed by atoms with E-state index in [1.165, 1.54) is 0 Å².